The summed E-state index contributed by atoms with van der Waals surface area (Å²) < 4.78 is 11.0. The number of aryl methyl sites for hydroxylation is 2. The maximum absolute atomic E-state index is 13.1. The number of nitrogens with one attached hydrogen (secondary N) is 1. The number of rotatable bonds is 2. The molecular weight excluding hydrogens is 318 g/mol. The Morgan fingerprint density at radius 1 is 1.08 bits per heavy atom. The summed E-state index contributed by atoms with van der Waals surface area (Å²) in [5.41, 5.74) is 3.42. The summed E-state index contributed by atoms with van der Waals surface area (Å²) in [4.78, 5) is 25.5. The van der Waals surface area contributed by atoms with Gasteiger partial charge in [0.15, 0.2) is 5.43 Å². The van der Waals surface area contributed by atoms with E-state index in [9.17, 15) is 9.59 Å². The van der Waals surface area contributed by atoms with Gasteiger partial charge in [-0.2, -0.15) is 0 Å². The van der Waals surface area contributed by atoms with E-state index >= 15 is 0 Å². The minimum atomic E-state index is -0.542. The second-order valence-corrected chi connectivity index (χ2v) is 6.29. The van der Waals surface area contributed by atoms with E-state index in [0.717, 1.165) is 16.7 Å². The molecule has 126 valence electrons. The number of ether oxygens (including phenoxy) is 1. The average molecular weight is 335 g/mol. The van der Waals surface area contributed by atoms with Crippen LogP contribution in [0.4, 0.5) is 0 Å². The molecule has 5 nitrogen and oxygen atoms in total. The third-order valence-electron chi connectivity index (χ3n) is 4.74. The SMILES string of the molecule is COc1cccc(C2NC(=O)c3oc4cc(C)c(C)cc4c(=O)c32)c1. The Bertz CT molecular complexity index is 1080. The van der Waals surface area contributed by atoms with E-state index in [2.05, 4.69) is 5.32 Å². The lowest BCUT2D eigenvalue weighted by Crippen LogP contribution is -2.22. The van der Waals surface area contributed by atoms with Crippen molar-refractivity contribution in [2.75, 3.05) is 7.11 Å². The lowest BCUT2D eigenvalue weighted by Gasteiger charge is -2.13. The molecule has 5 heteroatoms. The Labute approximate surface area is 144 Å². The van der Waals surface area contributed by atoms with Gasteiger partial charge in [0.05, 0.1) is 24.1 Å². The third-order valence-corrected chi connectivity index (χ3v) is 4.74. The Balaban J connectivity index is 1.98. The van der Waals surface area contributed by atoms with Gasteiger partial charge in [-0.1, -0.05) is 12.1 Å². The van der Waals surface area contributed by atoms with Gasteiger partial charge in [-0.3, -0.25) is 9.59 Å². The molecule has 1 atom stereocenters. The molecule has 1 N–H and O–H groups in total. The van der Waals surface area contributed by atoms with Crippen LogP contribution in [0.3, 0.4) is 0 Å². The van der Waals surface area contributed by atoms with E-state index in [1.54, 1.807) is 13.2 Å². The standard InChI is InChI=1S/C20H17NO4/c1-10-7-14-15(8-11(10)2)25-19-16(18(14)22)17(21-20(19)23)12-5-4-6-13(9-12)24-3/h4-9,17H,1-3H3,(H,21,23). The average Bonchev–Trinajstić information content (AvgIpc) is 2.94. The van der Waals surface area contributed by atoms with Crippen LogP contribution in [-0.2, 0) is 0 Å². The molecule has 0 saturated heterocycles. The zero-order valence-electron chi connectivity index (χ0n) is 14.2. The van der Waals surface area contributed by atoms with Crippen molar-refractivity contribution in [2.24, 2.45) is 0 Å². The summed E-state index contributed by atoms with van der Waals surface area (Å²) in [6.07, 6.45) is 0. The van der Waals surface area contributed by atoms with Crippen LogP contribution in [0.25, 0.3) is 11.0 Å². The topological polar surface area (TPSA) is 68.5 Å². The molecule has 2 aromatic carbocycles. The molecule has 1 amide bonds. The van der Waals surface area contributed by atoms with Crippen molar-refractivity contribution in [1.29, 1.82) is 0 Å². The smallest absolute Gasteiger partial charge is 0.288 e. The van der Waals surface area contributed by atoms with Crippen LogP contribution in [0.1, 0.15) is 38.9 Å². The van der Waals surface area contributed by atoms with Crippen LogP contribution in [0.5, 0.6) is 5.75 Å². The minimum Gasteiger partial charge on any atom is -0.497 e. The Morgan fingerprint density at radius 2 is 1.84 bits per heavy atom. The Morgan fingerprint density at radius 3 is 2.60 bits per heavy atom. The number of carbonyl (C=O) groups excluding carboxylic acids is 1. The molecule has 0 bridgehead atoms. The summed E-state index contributed by atoms with van der Waals surface area (Å²) in [5, 5.41) is 3.34. The van der Waals surface area contributed by atoms with Crippen molar-refractivity contribution in [3.05, 3.63) is 74.6 Å². The van der Waals surface area contributed by atoms with E-state index in [0.29, 0.717) is 22.3 Å². The summed E-state index contributed by atoms with van der Waals surface area (Å²) >= 11 is 0. The van der Waals surface area contributed by atoms with E-state index < -0.39 is 6.04 Å². The van der Waals surface area contributed by atoms with Crippen LogP contribution < -0.4 is 15.5 Å². The van der Waals surface area contributed by atoms with Gasteiger partial charge >= 0.3 is 0 Å². The van der Waals surface area contributed by atoms with Crippen LogP contribution in [0.2, 0.25) is 0 Å². The van der Waals surface area contributed by atoms with Gasteiger partial charge in [-0.25, -0.2) is 0 Å². The second-order valence-electron chi connectivity index (χ2n) is 6.29. The predicted molar refractivity (Wildman–Crippen MR) is 94.3 cm³/mol. The van der Waals surface area contributed by atoms with Gasteiger partial charge in [0.25, 0.3) is 5.91 Å². The summed E-state index contributed by atoms with van der Waals surface area (Å²) in [6, 6.07) is 10.4. The van der Waals surface area contributed by atoms with Crippen molar-refractivity contribution in [2.45, 2.75) is 19.9 Å². The molecule has 1 aromatic heterocycles. The summed E-state index contributed by atoms with van der Waals surface area (Å²) in [6.45, 7) is 3.89. The van der Waals surface area contributed by atoms with Gasteiger partial charge < -0.3 is 14.5 Å². The van der Waals surface area contributed by atoms with Crippen LogP contribution in [0, 0.1) is 13.8 Å². The lowest BCUT2D eigenvalue weighted by atomic mass is 9.98. The molecule has 0 fully saturated rings. The number of methoxy groups -OCH3 is 1. The van der Waals surface area contributed by atoms with Gasteiger partial charge in [0.2, 0.25) is 5.76 Å². The highest BCUT2D eigenvalue weighted by atomic mass is 16.5. The number of fused-ring (bicyclic) bond motifs is 2. The molecule has 2 heterocycles. The van der Waals surface area contributed by atoms with Crippen molar-refractivity contribution >= 4 is 16.9 Å². The van der Waals surface area contributed by atoms with Crippen molar-refractivity contribution in [3.63, 3.8) is 0 Å². The van der Waals surface area contributed by atoms with Crippen LogP contribution in [0.15, 0.2) is 45.6 Å². The highest BCUT2D eigenvalue weighted by molar-refractivity contribution is 5.99. The van der Waals surface area contributed by atoms with E-state index in [4.69, 9.17) is 9.15 Å². The fourth-order valence-corrected chi connectivity index (χ4v) is 3.24. The number of amides is 1. The molecule has 25 heavy (non-hydrogen) atoms. The van der Waals surface area contributed by atoms with Gasteiger partial charge in [0, 0.05) is 0 Å². The molecule has 1 unspecified atom stereocenters. The fraction of sp³-hybridized carbons (Fsp3) is 0.200. The second kappa shape index (κ2) is 5.48. The monoisotopic (exact) mass is 335 g/mol. The summed E-state index contributed by atoms with van der Waals surface area (Å²) in [5.74, 6) is 0.380. The van der Waals surface area contributed by atoms with Crippen LogP contribution in [-0.4, -0.2) is 13.0 Å². The first kappa shape index (κ1) is 15.4. The predicted octanol–water partition coefficient (Wildman–Crippen LogP) is 3.25. The Hall–Kier alpha value is -3.08. The van der Waals surface area contributed by atoms with E-state index in [1.807, 2.05) is 44.2 Å². The molecule has 0 aliphatic carbocycles. The van der Waals surface area contributed by atoms with E-state index in [1.165, 1.54) is 0 Å². The quantitative estimate of drug-likeness (QED) is 0.780. The van der Waals surface area contributed by atoms with Gasteiger partial charge in [0.1, 0.15) is 11.3 Å². The van der Waals surface area contributed by atoms with Crippen molar-refractivity contribution in [1.82, 2.24) is 5.32 Å². The van der Waals surface area contributed by atoms with Gasteiger partial charge in [-0.15, -0.1) is 0 Å². The molecule has 1 aliphatic heterocycles. The number of hydrogen-bond acceptors (Lipinski definition) is 4. The highest BCUT2D eigenvalue weighted by Crippen LogP contribution is 2.32. The number of carbonyl (C=O) groups is 1. The molecule has 0 radical (unpaired) electrons. The van der Waals surface area contributed by atoms with Gasteiger partial charge in [-0.05, 0) is 54.8 Å². The van der Waals surface area contributed by atoms with Crippen LogP contribution >= 0.6 is 0 Å². The Kier molecular flexibility index (Phi) is 3.39. The molecule has 0 saturated carbocycles. The molecule has 0 spiro atoms. The number of benzene rings is 2. The normalized spacial score (nSPS) is 16.0. The van der Waals surface area contributed by atoms with Crippen molar-refractivity contribution < 1.29 is 13.9 Å². The molecule has 3 aromatic rings. The van der Waals surface area contributed by atoms with Crippen molar-refractivity contribution in [3.8, 4) is 5.75 Å². The molecule has 4 rings (SSSR count). The maximum Gasteiger partial charge on any atom is 0.288 e. The minimum absolute atomic E-state index is 0.0913. The van der Waals surface area contributed by atoms with E-state index in [-0.39, 0.29) is 17.1 Å². The summed E-state index contributed by atoms with van der Waals surface area (Å²) in [7, 11) is 1.58. The zero-order chi connectivity index (χ0) is 17.7. The lowest BCUT2D eigenvalue weighted by molar-refractivity contribution is 0.0938. The third kappa shape index (κ3) is 2.31. The largest absolute Gasteiger partial charge is 0.497 e. The first-order chi connectivity index (χ1) is 12.0. The first-order valence-electron chi connectivity index (χ1n) is 8.02. The fourth-order valence-electron chi connectivity index (χ4n) is 3.24. The molecule has 1 aliphatic rings. The first-order valence-corrected chi connectivity index (χ1v) is 8.02. The molecular formula is C20H17NO4. The number of hydrogen-bond donors (Lipinski definition) is 1. The maximum atomic E-state index is 13.1. The highest BCUT2D eigenvalue weighted by Gasteiger charge is 2.36. The zero-order valence-corrected chi connectivity index (χ0v) is 14.2.